The number of carbonyl (C=O) groups is 2. The number of amides is 1. The van der Waals surface area contributed by atoms with Crippen molar-refractivity contribution < 1.29 is 18.9 Å². The Morgan fingerprint density at radius 1 is 1.03 bits per heavy atom. The van der Waals surface area contributed by atoms with E-state index in [9.17, 15) is 18.9 Å². The lowest BCUT2D eigenvalue weighted by molar-refractivity contribution is -0.156. The van der Waals surface area contributed by atoms with Gasteiger partial charge in [-0.3, -0.25) is 9.59 Å². The second-order valence-electron chi connectivity index (χ2n) is 10.4. The zero-order chi connectivity index (χ0) is 27.7. The van der Waals surface area contributed by atoms with E-state index in [1.54, 1.807) is 28.3 Å². The van der Waals surface area contributed by atoms with Gasteiger partial charge in [0.15, 0.2) is 0 Å². The van der Waals surface area contributed by atoms with E-state index in [1.165, 1.54) is 19.3 Å². The molecule has 2 saturated carbocycles. The van der Waals surface area contributed by atoms with Crippen molar-refractivity contribution in [3.05, 3.63) is 70.2 Å². The molecular formula is C29H38Cl2N2O4S. The highest BCUT2D eigenvalue weighted by atomic mass is 35.5. The summed E-state index contributed by atoms with van der Waals surface area (Å²) in [6.07, 6.45) is 7.51. The first kappa shape index (κ1) is 30.6. The predicted octanol–water partition coefficient (Wildman–Crippen LogP) is 6.75. The molecule has 6 nitrogen and oxygen atoms in total. The van der Waals surface area contributed by atoms with Crippen molar-refractivity contribution in [3.63, 3.8) is 0 Å². The molecular weight excluding hydrogens is 543 g/mol. The van der Waals surface area contributed by atoms with Crippen molar-refractivity contribution in [1.82, 2.24) is 9.21 Å². The number of carboxylic acid groups (broad SMARTS) is 1. The van der Waals surface area contributed by atoms with Crippen molar-refractivity contribution in [2.45, 2.75) is 69.6 Å². The van der Waals surface area contributed by atoms with E-state index in [0.29, 0.717) is 31.0 Å². The zero-order valence-corrected chi connectivity index (χ0v) is 24.5. The van der Waals surface area contributed by atoms with E-state index in [1.807, 2.05) is 49.5 Å². The van der Waals surface area contributed by atoms with Crippen LogP contribution in [0.4, 0.5) is 0 Å². The molecule has 1 amide bonds. The highest BCUT2D eigenvalue weighted by molar-refractivity contribution is 7.83. The third-order valence-corrected chi connectivity index (χ3v) is 9.12. The first-order valence-corrected chi connectivity index (χ1v) is 15.1. The number of halogens is 2. The Labute approximate surface area is 238 Å². The molecule has 1 N–H and O–H groups in total. The SMILES string of the molecule is C1CC1.CN(CCN1C(=O)C(C)(CC(=O)O)CCC1c1ccc(Cl)cc1)S(=O)C1CC1.Clc1ccccc1. The summed E-state index contributed by atoms with van der Waals surface area (Å²) in [5, 5.41) is 10.9. The monoisotopic (exact) mass is 580 g/mol. The van der Waals surface area contributed by atoms with Gasteiger partial charge in [0.05, 0.1) is 28.9 Å². The lowest BCUT2D eigenvalue weighted by Crippen LogP contribution is -2.51. The minimum atomic E-state index is -1.02. The highest BCUT2D eigenvalue weighted by Crippen LogP contribution is 2.42. The maximum Gasteiger partial charge on any atom is 0.304 e. The molecule has 0 aromatic heterocycles. The molecule has 0 spiro atoms. The van der Waals surface area contributed by atoms with E-state index in [-0.39, 0.29) is 23.6 Å². The fourth-order valence-corrected chi connectivity index (χ4v) is 5.85. The fourth-order valence-electron chi connectivity index (χ4n) is 4.27. The van der Waals surface area contributed by atoms with Crippen LogP contribution in [0.5, 0.6) is 0 Å². The first-order chi connectivity index (χ1) is 18.1. The molecule has 208 valence electrons. The largest absolute Gasteiger partial charge is 0.481 e. The number of hydrogen-bond donors (Lipinski definition) is 1. The van der Waals surface area contributed by atoms with Gasteiger partial charge in [0.1, 0.15) is 0 Å². The number of rotatable bonds is 8. The van der Waals surface area contributed by atoms with Crippen molar-refractivity contribution in [3.8, 4) is 0 Å². The molecule has 38 heavy (non-hydrogen) atoms. The van der Waals surface area contributed by atoms with Gasteiger partial charge in [-0.15, -0.1) is 0 Å². The van der Waals surface area contributed by atoms with Crippen molar-refractivity contribution in [1.29, 1.82) is 0 Å². The predicted molar refractivity (Wildman–Crippen MR) is 155 cm³/mol. The molecule has 3 aliphatic rings. The number of benzene rings is 2. The Hall–Kier alpha value is -1.93. The molecule has 3 atom stereocenters. The zero-order valence-electron chi connectivity index (χ0n) is 22.2. The summed E-state index contributed by atoms with van der Waals surface area (Å²) in [5.41, 5.74) is 0.0734. The van der Waals surface area contributed by atoms with Crippen LogP contribution in [-0.2, 0) is 20.6 Å². The Kier molecular flexibility index (Phi) is 11.6. The summed E-state index contributed by atoms with van der Waals surface area (Å²) in [4.78, 5) is 26.4. The summed E-state index contributed by atoms with van der Waals surface area (Å²) >= 11 is 11.5. The number of carbonyl (C=O) groups excluding carboxylic acids is 1. The molecule has 2 aromatic carbocycles. The molecule has 2 aromatic rings. The number of likely N-dealkylation sites (tertiary alicyclic amines) is 1. The van der Waals surface area contributed by atoms with Gasteiger partial charge in [0, 0.05) is 28.4 Å². The number of carboxylic acids is 1. The van der Waals surface area contributed by atoms with Gasteiger partial charge < -0.3 is 10.0 Å². The summed E-state index contributed by atoms with van der Waals surface area (Å²) in [6.45, 7) is 2.64. The molecule has 2 aliphatic carbocycles. The number of piperidine rings is 1. The molecule has 0 radical (unpaired) electrons. The molecule has 1 heterocycles. The van der Waals surface area contributed by atoms with Crippen LogP contribution in [0.2, 0.25) is 10.0 Å². The third kappa shape index (κ3) is 9.67. The van der Waals surface area contributed by atoms with Crippen LogP contribution in [0.15, 0.2) is 54.6 Å². The summed E-state index contributed by atoms with van der Waals surface area (Å²) in [6, 6.07) is 16.8. The van der Waals surface area contributed by atoms with Gasteiger partial charge in [-0.2, -0.15) is 0 Å². The third-order valence-electron chi connectivity index (χ3n) is 6.78. The van der Waals surface area contributed by atoms with E-state index < -0.39 is 22.4 Å². The second-order valence-corrected chi connectivity index (χ2v) is 13.1. The van der Waals surface area contributed by atoms with E-state index in [0.717, 1.165) is 23.4 Å². The average molecular weight is 582 g/mol. The normalized spacial score (nSPS) is 23.0. The Bertz CT molecular complexity index is 1080. The smallest absolute Gasteiger partial charge is 0.304 e. The van der Waals surface area contributed by atoms with Crippen LogP contribution >= 0.6 is 23.2 Å². The molecule has 3 fully saturated rings. The number of likely N-dealkylation sites (N-methyl/N-ethyl adjacent to an activating group) is 1. The van der Waals surface area contributed by atoms with Crippen LogP contribution in [-0.4, -0.2) is 55.8 Å². The van der Waals surface area contributed by atoms with E-state index >= 15 is 0 Å². The second kappa shape index (κ2) is 14.5. The number of hydrogen-bond acceptors (Lipinski definition) is 3. The highest BCUT2D eigenvalue weighted by Gasteiger charge is 2.45. The molecule has 3 unspecified atom stereocenters. The molecule has 5 rings (SSSR count). The Balaban J connectivity index is 0.000000331. The Morgan fingerprint density at radius 3 is 2.08 bits per heavy atom. The summed E-state index contributed by atoms with van der Waals surface area (Å²) in [5.74, 6) is -1.11. The van der Waals surface area contributed by atoms with Gasteiger partial charge >= 0.3 is 5.97 Å². The maximum atomic E-state index is 13.3. The topological polar surface area (TPSA) is 77.9 Å². The van der Waals surface area contributed by atoms with Crippen molar-refractivity contribution in [2.75, 3.05) is 20.1 Å². The molecule has 9 heteroatoms. The molecule has 1 saturated heterocycles. The Morgan fingerprint density at radius 2 is 1.61 bits per heavy atom. The number of aliphatic carboxylic acids is 1. The van der Waals surface area contributed by atoms with Crippen LogP contribution in [0.3, 0.4) is 0 Å². The first-order valence-electron chi connectivity index (χ1n) is 13.2. The summed E-state index contributed by atoms with van der Waals surface area (Å²) < 4.78 is 14.2. The quantitative estimate of drug-likeness (QED) is 0.374. The van der Waals surface area contributed by atoms with Crippen LogP contribution in [0.25, 0.3) is 0 Å². The van der Waals surface area contributed by atoms with E-state index in [2.05, 4.69) is 0 Å². The van der Waals surface area contributed by atoms with Gasteiger partial charge in [0.2, 0.25) is 5.91 Å². The standard InChI is InChI=1S/C20H27ClN2O4S.C6H5Cl.C3H6/c1-20(13-18(24)25)10-9-17(14-3-5-15(21)6-4-14)23(19(20)26)12-11-22(2)28(27)16-7-8-16;7-6-4-2-1-3-5-6;1-2-3-1/h3-6,16-17H,7-13H2,1-2H3,(H,24,25);1-5H;1-3H2. The van der Waals surface area contributed by atoms with Gasteiger partial charge in [-0.05, 0) is 62.6 Å². The van der Waals surface area contributed by atoms with Crippen LogP contribution in [0, 0.1) is 5.41 Å². The van der Waals surface area contributed by atoms with Gasteiger partial charge in [-0.1, -0.05) is 79.7 Å². The minimum absolute atomic E-state index is 0.130. The van der Waals surface area contributed by atoms with Crippen molar-refractivity contribution in [2.24, 2.45) is 5.41 Å². The molecule has 1 aliphatic heterocycles. The fraction of sp³-hybridized carbons (Fsp3) is 0.517. The van der Waals surface area contributed by atoms with Crippen LogP contribution < -0.4 is 0 Å². The lowest BCUT2D eigenvalue weighted by atomic mass is 9.75. The van der Waals surface area contributed by atoms with E-state index in [4.69, 9.17) is 23.2 Å². The van der Waals surface area contributed by atoms with Gasteiger partial charge in [-0.25, -0.2) is 8.51 Å². The lowest BCUT2D eigenvalue weighted by Gasteiger charge is -2.44. The average Bonchev–Trinajstić information content (AvgIpc) is 3.78. The minimum Gasteiger partial charge on any atom is -0.481 e. The maximum absolute atomic E-state index is 13.3. The van der Waals surface area contributed by atoms with Crippen LogP contribution in [0.1, 0.15) is 69.9 Å². The van der Waals surface area contributed by atoms with Crippen molar-refractivity contribution >= 4 is 46.1 Å². The van der Waals surface area contributed by atoms with Gasteiger partial charge in [0.25, 0.3) is 0 Å². The summed E-state index contributed by atoms with van der Waals surface area (Å²) in [7, 11) is 0.792. The number of nitrogens with zero attached hydrogens (tertiary/aromatic N) is 2. The molecule has 0 bridgehead atoms.